The van der Waals surface area contributed by atoms with Crippen LogP contribution in [0, 0.1) is 5.41 Å². The van der Waals surface area contributed by atoms with Crippen molar-refractivity contribution in [3.8, 4) is 0 Å². The first-order valence-corrected chi connectivity index (χ1v) is 6.89. The topological polar surface area (TPSA) is 89.3 Å². The van der Waals surface area contributed by atoms with Gasteiger partial charge in [-0.3, -0.25) is 4.79 Å². The van der Waals surface area contributed by atoms with Crippen LogP contribution in [0.3, 0.4) is 0 Å². The number of nitrogens with two attached hydrogens (primary N) is 1. The van der Waals surface area contributed by atoms with Gasteiger partial charge in [0.05, 0.1) is 11.2 Å². The average molecular weight is 236 g/mol. The first-order valence-electron chi connectivity index (χ1n) is 4.83. The molecule has 6 heteroatoms. The molecule has 0 aromatic heterocycles. The van der Waals surface area contributed by atoms with Gasteiger partial charge in [0.25, 0.3) is 0 Å². The number of nitrogens with one attached hydrogen (secondary N) is 1. The Balaban J connectivity index is 3.69. The van der Waals surface area contributed by atoms with Gasteiger partial charge in [0, 0.05) is 12.8 Å². The monoisotopic (exact) mass is 236 g/mol. The van der Waals surface area contributed by atoms with Crippen LogP contribution in [0.4, 0.5) is 0 Å². The van der Waals surface area contributed by atoms with Gasteiger partial charge in [-0.05, 0) is 26.8 Å². The summed E-state index contributed by atoms with van der Waals surface area (Å²) in [6.45, 7) is 4.54. The summed E-state index contributed by atoms with van der Waals surface area (Å²) >= 11 is 0. The molecule has 0 spiro atoms. The van der Waals surface area contributed by atoms with Crippen molar-refractivity contribution in [2.45, 2.75) is 20.3 Å². The van der Waals surface area contributed by atoms with E-state index in [1.807, 2.05) is 0 Å². The second-order valence-corrected chi connectivity index (χ2v) is 6.67. The molecule has 0 bridgehead atoms. The van der Waals surface area contributed by atoms with Crippen LogP contribution < -0.4 is 11.1 Å². The van der Waals surface area contributed by atoms with E-state index in [-0.39, 0.29) is 11.7 Å². The Morgan fingerprint density at radius 2 is 1.93 bits per heavy atom. The summed E-state index contributed by atoms with van der Waals surface area (Å²) in [7, 11) is -2.89. The van der Waals surface area contributed by atoms with Gasteiger partial charge in [0.15, 0.2) is 0 Å². The van der Waals surface area contributed by atoms with Crippen molar-refractivity contribution in [3.05, 3.63) is 0 Å². The fourth-order valence-corrected chi connectivity index (χ4v) is 1.62. The molecule has 5 nitrogen and oxygen atoms in total. The van der Waals surface area contributed by atoms with E-state index in [1.54, 1.807) is 13.8 Å². The standard InChI is InChI=1S/C9H20N2O3S/c1-9(2,8(10)12)7-11-5-4-6-15(3,13)14/h11H,4-7H2,1-3H3,(H2,10,12). The highest BCUT2D eigenvalue weighted by molar-refractivity contribution is 7.90. The zero-order valence-electron chi connectivity index (χ0n) is 9.54. The lowest BCUT2D eigenvalue weighted by Gasteiger charge is -2.20. The largest absolute Gasteiger partial charge is 0.369 e. The highest BCUT2D eigenvalue weighted by atomic mass is 32.2. The maximum Gasteiger partial charge on any atom is 0.224 e. The molecule has 0 heterocycles. The van der Waals surface area contributed by atoms with Crippen molar-refractivity contribution in [2.75, 3.05) is 25.1 Å². The molecule has 0 aromatic rings. The van der Waals surface area contributed by atoms with Crippen molar-refractivity contribution in [1.29, 1.82) is 0 Å². The van der Waals surface area contributed by atoms with E-state index >= 15 is 0 Å². The first kappa shape index (κ1) is 14.4. The SMILES string of the molecule is CC(C)(CNCCCS(C)(=O)=O)C(N)=O. The Bertz CT molecular complexity index is 309. The molecule has 0 rings (SSSR count). The minimum absolute atomic E-state index is 0.164. The van der Waals surface area contributed by atoms with Crippen LogP contribution >= 0.6 is 0 Å². The van der Waals surface area contributed by atoms with Gasteiger partial charge in [-0.15, -0.1) is 0 Å². The predicted octanol–water partition coefficient (Wildman–Crippen LogP) is -0.478. The van der Waals surface area contributed by atoms with Crippen LogP contribution in [-0.4, -0.2) is 39.4 Å². The third-order valence-corrected chi connectivity index (χ3v) is 3.13. The van der Waals surface area contributed by atoms with E-state index in [9.17, 15) is 13.2 Å². The summed E-state index contributed by atoms with van der Waals surface area (Å²) in [5.74, 6) is -0.199. The number of hydrogen-bond acceptors (Lipinski definition) is 4. The van der Waals surface area contributed by atoms with Gasteiger partial charge in [0.1, 0.15) is 9.84 Å². The van der Waals surface area contributed by atoms with Crippen molar-refractivity contribution >= 4 is 15.7 Å². The van der Waals surface area contributed by atoms with Gasteiger partial charge < -0.3 is 11.1 Å². The molecule has 0 aromatic carbocycles. The van der Waals surface area contributed by atoms with Gasteiger partial charge >= 0.3 is 0 Å². The van der Waals surface area contributed by atoms with Crippen molar-refractivity contribution in [1.82, 2.24) is 5.32 Å². The lowest BCUT2D eigenvalue weighted by atomic mass is 9.93. The molecule has 0 saturated carbocycles. The van der Waals surface area contributed by atoms with Crippen LogP contribution in [0.1, 0.15) is 20.3 Å². The molecular formula is C9H20N2O3S. The number of hydrogen-bond donors (Lipinski definition) is 2. The summed E-state index contributed by atoms with van der Waals surface area (Å²) in [6.07, 6.45) is 1.76. The lowest BCUT2D eigenvalue weighted by molar-refractivity contribution is -0.125. The highest BCUT2D eigenvalue weighted by Crippen LogP contribution is 2.11. The first-order chi connectivity index (χ1) is 6.65. The van der Waals surface area contributed by atoms with Crippen molar-refractivity contribution in [3.63, 3.8) is 0 Å². The Kier molecular flexibility index (Phi) is 5.23. The van der Waals surface area contributed by atoms with Crippen LogP contribution in [-0.2, 0) is 14.6 Å². The van der Waals surface area contributed by atoms with E-state index in [4.69, 9.17) is 5.73 Å². The summed E-state index contributed by atoms with van der Waals surface area (Å²) in [6, 6.07) is 0. The summed E-state index contributed by atoms with van der Waals surface area (Å²) in [4.78, 5) is 10.9. The van der Waals surface area contributed by atoms with E-state index in [1.165, 1.54) is 6.26 Å². The highest BCUT2D eigenvalue weighted by Gasteiger charge is 2.23. The van der Waals surface area contributed by atoms with Gasteiger partial charge in [-0.25, -0.2) is 8.42 Å². The number of sulfone groups is 1. The number of carbonyl (C=O) groups is 1. The number of rotatable bonds is 7. The number of primary amides is 1. The molecule has 90 valence electrons. The Hall–Kier alpha value is -0.620. The molecule has 0 fully saturated rings. The molecule has 0 unspecified atom stereocenters. The average Bonchev–Trinajstić information content (AvgIpc) is 2.00. The van der Waals surface area contributed by atoms with Gasteiger partial charge in [0.2, 0.25) is 5.91 Å². The van der Waals surface area contributed by atoms with E-state index in [0.29, 0.717) is 19.5 Å². The number of amides is 1. The summed E-state index contributed by atoms with van der Waals surface area (Å²) in [5, 5.41) is 3.01. The van der Waals surface area contributed by atoms with Gasteiger partial charge in [-0.2, -0.15) is 0 Å². The normalized spacial score (nSPS) is 12.7. The molecule has 0 aliphatic rings. The van der Waals surface area contributed by atoms with Crippen LogP contribution in [0.15, 0.2) is 0 Å². The predicted molar refractivity (Wildman–Crippen MR) is 60.2 cm³/mol. The van der Waals surface area contributed by atoms with E-state index in [2.05, 4.69) is 5.32 Å². The third kappa shape index (κ3) is 7.33. The van der Waals surface area contributed by atoms with Crippen LogP contribution in [0.25, 0.3) is 0 Å². The lowest BCUT2D eigenvalue weighted by Crippen LogP contribution is -2.40. The van der Waals surface area contributed by atoms with E-state index < -0.39 is 15.3 Å². The Morgan fingerprint density at radius 3 is 2.33 bits per heavy atom. The third-order valence-electron chi connectivity index (χ3n) is 2.10. The molecule has 0 atom stereocenters. The zero-order chi connectivity index (χ0) is 12.1. The second kappa shape index (κ2) is 5.46. The Morgan fingerprint density at radius 1 is 1.40 bits per heavy atom. The number of carbonyl (C=O) groups excluding carboxylic acids is 1. The van der Waals surface area contributed by atoms with Gasteiger partial charge in [-0.1, -0.05) is 0 Å². The van der Waals surface area contributed by atoms with E-state index in [0.717, 1.165) is 0 Å². The smallest absolute Gasteiger partial charge is 0.224 e. The molecule has 0 radical (unpaired) electrons. The molecule has 0 aliphatic carbocycles. The zero-order valence-corrected chi connectivity index (χ0v) is 10.4. The summed E-state index contributed by atoms with van der Waals surface area (Å²) < 4.78 is 21.6. The minimum Gasteiger partial charge on any atom is -0.369 e. The quantitative estimate of drug-likeness (QED) is 0.584. The molecule has 0 saturated heterocycles. The van der Waals surface area contributed by atoms with Crippen LogP contribution in [0.5, 0.6) is 0 Å². The minimum atomic E-state index is -2.89. The van der Waals surface area contributed by atoms with Crippen molar-refractivity contribution in [2.24, 2.45) is 11.1 Å². The maximum atomic E-state index is 10.9. The van der Waals surface area contributed by atoms with Crippen LogP contribution in [0.2, 0.25) is 0 Å². The summed E-state index contributed by atoms with van der Waals surface area (Å²) in [5.41, 5.74) is 4.59. The Labute approximate surface area is 91.3 Å². The fourth-order valence-electron chi connectivity index (χ4n) is 0.947. The molecule has 1 amide bonds. The molecule has 3 N–H and O–H groups in total. The molecule has 0 aliphatic heterocycles. The fraction of sp³-hybridized carbons (Fsp3) is 0.889. The maximum absolute atomic E-state index is 10.9. The molecular weight excluding hydrogens is 216 g/mol. The second-order valence-electron chi connectivity index (χ2n) is 4.41. The van der Waals surface area contributed by atoms with Crippen molar-refractivity contribution < 1.29 is 13.2 Å². The molecule has 15 heavy (non-hydrogen) atoms.